The third kappa shape index (κ3) is 3.14. The van der Waals surface area contributed by atoms with Gasteiger partial charge < -0.3 is 0 Å². The molecule has 0 amide bonds. The third-order valence-electron chi connectivity index (χ3n) is 1.38. The molecule has 0 saturated heterocycles. The molecule has 0 radical (unpaired) electrons. The summed E-state index contributed by atoms with van der Waals surface area (Å²) in [5.74, 6) is -0.786. The summed E-state index contributed by atoms with van der Waals surface area (Å²) in [6, 6.07) is 4.46. The molecule has 0 fully saturated rings. The van der Waals surface area contributed by atoms with Gasteiger partial charge in [0.15, 0.2) is 0 Å². The lowest BCUT2D eigenvalue weighted by Gasteiger charge is -2.02. The zero-order chi connectivity index (χ0) is 10.1. The van der Waals surface area contributed by atoms with Crippen molar-refractivity contribution in [2.45, 2.75) is 5.75 Å². The maximum absolute atomic E-state index is 12.3. The van der Waals surface area contributed by atoms with Crippen LogP contribution in [0.1, 0.15) is 5.56 Å². The second-order valence-electron chi connectivity index (χ2n) is 2.38. The quantitative estimate of drug-likeness (QED) is 0.748. The standard InChI is InChI=1S/C7H5Cl2FO2S/c8-6-2-1-3-7(9)5(6)4-13(10,11)12/h1-3H,4H2. The number of benzene rings is 1. The van der Waals surface area contributed by atoms with Crippen LogP contribution >= 0.6 is 23.2 Å². The van der Waals surface area contributed by atoms with Crippen LogP contribution in [0.2, 0.25) is 10.0 Å². The van der Waals surface area contributed by atoms with E-state index in [0.717, 1.165) is 0 Å². The molecule has 0 aromatic heterocycles. The predicted octanol–water partition coefficient (Wildman–Crippen LogP) is 2.79. The van der Waals surface area contributed by atoms with Crippen molar-refractivity contribution in [3.8, 4) is 0 Å². The largest absolute Gasteiger partial charge is 0.306 e. The summed E-state index contributed by atoms with van der Waals surface area (Å²) in [7, 11) is -4.59. The Morgan fingerprint density at radius 1 is 1.23 bits per heavy atom. The molecule has 13 heavy (non-hydrogen) atoms. The van der Waals surface area contributed by atoms with Gasteiger partial charge in [-0.1, -0.05) is 29.3 Å². The molecule has 6 heteroatoms. The van der Waals surface area contributed by atoms with Crippen LogP contribution < -0.4 is 0 Å². The Morgan fingerprint density at radius 3 is 2.08 bits per heavy atom. The molecule has 1 aromatic carbocycles. The van der Waals surface area contributed by atoms with E-state index in [1.165, 1.54) is 12.1 Å². The number of hydrogen-bond donors (Lipinski definition) is 0. The fraction of sp³-hybridized carbons (Fsp3) is 0.143. The van der Waals surface area contributed by atoms with Crippen molar-refractivity contribution in [1.29, 1.82) is 0 Å². The lowest BCUT2D eigenvalue weighted by Crippen LogP contribution is -1.97. The fourth-order valence-electron chi connectivity index (χ4n) is 0.843. The molecule has 0 N–H and O–H groups in total. The smallest absolute Gasteiger partial charge is 0.194 e. The van der Waals surface area contributed by atoms with Gasteiger partial charge in [0.2, 0.25) is 0 Å². The van der Waals surface area contributed by atoms with E-state index >= 15 is 0 Å². The molecule has 0 aliphatic rings. The summed E-state index contributed by atoms with van der Waals surface area (Å²) in [5, 5.41) is 0.294. The first kappa shape index (κ1) is 10.8. The van der Waals surface area contributed by atoms with Crippen molar-refractivity contribution in [2.24, 2.45) is 0 Å². The second-order valence-corrected chi connectivity index (χ2v) is 4.56. The van der Waals surface area contributed by atoms with Crippen LogP contribution in [0.3, 0.4) is 0 Å². The first-order valence-electron chi connectivity index (χ1n) is 3.25. The highest BCUT2D eigenvalue weighted by Crippen LogP contribution is 2.26. The molecule has 0 saturated carbocycles. The first-order chi connectivity index (χ1) is 5.90. The average Bonchev–Trinajstić information content (AvgIpc) is 1.95. The molecule has 0 heterocycles. The average molecular weight is 243 g/mol. The molecular formula is C7H5Cl2FO2S. The minimum Gasteiger partial charge on any atom is -0.194 e. The van der Waals surface area contributed by atoms with Gasteiger partial charge in [0.25, 0.3) is 0 Å². The normalized spacial score (nSPS) is 11.6. The fourth-order valence-corrected chi connectivity index (χ4v) is 2.19. The minimum absolute atomic E-state index is 0.0910. The van der Waals surface area contributed by atoms with Crippen LogP contribution in [-0.2, 0) is 16.0 Å². The van der Waals surface area contributed by atoms with Crippen molar-refractivity contribution < 1.29 is 12.3 Å². The molecular weight excluding hydrogens is 238 g/mol. The van der Waals surface area contributed by atoms with E-state index in [0.29, 0.717) is 0 Å². The van der Waals surface area contributed by atoms with Gasteiger partial charge in [-0.25, -0.2) is 0 Å². The van der Waals surface area contributed by atoms with Gasteiger partial charge in [-0.3, -0.25) is 0 Å². The van der Waals surface area contributed by atoms with Gasteiger partial charge in [-0.15, -0.1) is 3.89 Å². The Bertz CT molecular complexity index is 396. The van der Waals surface area contributed by atoms with E-state index in [-0.39, 0.29) is 15.6 Å². The van der Waals surface area contributed by atoms with E-state index in [1.54, 1.807) is 6.07 Å². The summed E-state index contributed by atoms with van der Waals surface area (Å²) < 4.78 is 32.9. The van der Waals surface area contributed by atoms with Gasteiger partial charge in [0.05, 0.1) is 0 Å². The van der Waals surface area contributed by atoms with Crippen LogP contribution in [0, 0.1) is 0 Å². The lowest BCUT2D eigenvalue weighted by molar-refractivity contribution is 0.551. The van der Waals surface area contributed by atoms with E-state index < -0.39 is 16.0 Å². The van der Waals surface area contributed by atoms with Crippen LogP contribution in [0.15, 0.2) is 18.2 Å². The summed E-state index contributed by atoms with van der Waals surface area (Å²) in [5.41, 5.74) is 0.0910. The van der Waals surface area contributed by atoms with E-state index in [1.807, 2.05) is 0 Å². The zero-order valence-corrected chi connectivity index (χ0v) is 8.63. The molecule has 0 bridgehead atoms. The SMILES string of the molecule is O=S(=O)(F)Cc1c(Cl)cccc1Cl. The summed E-state index contributed by atoms with van der Waals surface area (Å²) in [6.45, 7) is 0. The molecule has 0 spiro atoms. The van der Waals surface area contributed by atoms with Gasteiger partial charge >= 0.3 is 10.2 Å². The number of hydrogen-bond acceptors (Lipinski definition) is 2. The van der Waals surface area contributed by atoms with Crippen molar-refractivity contribution in [3.63, 3.8) is 0 Å². The van der Waals surface area contributed by atoms with Crippen molar-refractivity contribution in [3.05, 3.63) is 33.8 Å². The molecule has 0 unspecified atom stereocenters. The molecule has 2 nitrogen and oxygen atoms in total. The van der Waals surface area contributed by atoms with Gasteiger partial charge in [-0.2, -0.15) is 8.42 Å². The third-order valence-corrected chi connectivity index (χ3v) is 2.72. The Hall–Kier alpha value is -0.320. The molecule has 0 atom stereocenters. The highest BCUT2D eigenvalue weighted by atomic mass is 35.5. The Kier molecular flexibility index (Phi) is 3.16. The minimum atomic E-state index is -4.59. The van der Waals surface area contributed by atoms with Crippen LogP contribution in [-0.4, -0.2) is 8.42 Å². The van der Waals surface area contributed by atoms with E-state index in [2.05, 4.69) is 0 Å². The summed E-state index contributed by atoms with van der Waals surface area (Å²) >= 11 is 11.2. The van der Waals surface area contributed by atoms with Crippen molar-refractivity contribution >= 4 is 33.4 Å². The van der Waals surface area contributed by atoms with Crippen LogP contribution in [0.5, 0.6) is 0 Å². The summed E-state index contributed by atoms with van der Waals surface area (Å²) in [4.78, 5) is 0. The zero-order valence-electron chi connectivity index (χ0n) is 6.30. The Morgan fingerprint density at radius 2 is 1.69 bits per heavy atom. The number of halogens is 3. The topological polar surface area (TPSA) is 34.1 Å². The van der Waals surface area contributed by atoms with Crippen LogP contribution in [0.25, 0.3) is 0 Å². The molecule has 0 aliphatic heterocycles. The van der Waals surface area contributed by atoms with Gasteiger partial charge in [-0.05, 0) is 12.1 Å². The summed E-state index contributed by atoms with van der Waals surface area (Å²) in [6.07, 6.45) is 0. The first-order valence-corrected chi connectivity index (χ1v) is 5.56. The molecule has 0 aliphatic carbocycles. The van der Waals surface area contributed by atoms with Crippen molar-refractivity contribution in [1.82, 2.24) is 0 Å². The van der Waals surface area contributed by atoms with Crippen LogP contribution in [0.4, 0.5) is 3.89 Å². The predicted molar refractivity (Wildman–Crippen MR) is 50.2 cm³/mol. The second kappa shape index (κ2) is 3.82. The van der Waals surface area contributed by atoms with E-state index in [9.17, 15) is 12.3 Å². The Balaban J connectivity index is 3.15. The lowest BCUT2D eigenvalue weighted by atomic mass is 10.2. The van der Waals surface area contributed by atoms with Gasteiger partial charge in [0.1, 0.15) is 5.75 Å². The maximum Gasteiger partial charge on any atom is 0.306 e. The van der Waals surface area contributed by atoms with E-state index in [4.69, 9.17) is 23.2 Å². The highest BCUT2D eigenvalue weighted by molar-refractivity contribution is 7.85. The molecule has 72 valence electrons. The number of rotatable bonds is 2. The van der Waals surface area contributed by atoms with Gasteiger partial charge in [0, 0.05) is 15.6 Å². The highest BCUT2D eigenvalue weighted by Gasteiger charge is 2.14. The monoisotopic (exact) mass is 242 g/mol. The molecule has 1 aromatic rings. The Labute approximate surface area is 85.5 Å². The van der Waals surface area contributed by atoms with Crippen molar-refractivity contribution in [2.75, 3.05) is 0 Å². The maximum atomic E-state index is 12.3. The molecule has 1 rings (SSSR count).